The second-order valence-corrected chi connectivity index (χ2v) is 6.50. The SMILES string of the molecule is Cc1ccc(-n2nc(-c3ccco3)cc2C(=O)N2CCOCC2)c(C)c1. The van der Waals surface area contributed by atoms with E-state index in [0.29, 0.717) is 43.5 Å². The van der Waals surface area contributed by atoms with Crippen molar-refractivity contribution < 1.29 is 13.9 Å². The van der Waals surface area contributed by atoms with Gasteiger partial charge < -0.3 is 14.1 Å². The summed E-state index contributed by atoms with van der Waals surface area (Å²) in [6.45, 7) is 6.39. The van der Waals surface area contributed by atoms with Crippen molar-refractivity contribution in [1.29, 1.82) is 0 Å². The normalized spacial score (nSPS) is 14.6. The second-order valence-electron chi connectivity index (χ2n) is 6.50. The number of furan rings is 1. The van der Waals surface area contributed by atoms with Crippen LogP contribution in [0, 0.1) is 13.8 Å². The van der Waals surface area contributed by atoms with Crippen molar-refractivity contribution in [2.45, 2.75) is 13.8 Å². The van der Waals surface area contributed by atoms with Gasteiger partial charge in [0.1, 0.15) is 11.4 Å². The van der Waals surface area contributed by atoms with Crippen LogP contribution in [-0.4, -0.2) is 46.9 Å². The fraction of sp³-hybridized carbons (Fsp3) is 0.300. The molecule has 3 aromatic rings. The van der Waals surface area contributed by atoms with Crippen molar-refractivity contribution in [3.05, 3.63) is 59.5 Å². The highest BCUT2D eigenvalue weighted by atomic mass is 16.5. The first-order chi connectivity index (χ1) is 12.6. The minimum atomic E-state index is -0.0430. The van der Waals surface area contributed by atoms with E-state index in [0.717, 1.165) is 11.3 Å². The van der Waals surface area contributed by atoms with E-state index in [1.54, 1.807) is 17.0 Å². The number of morpholine rings is 1. The molecule has 0 aliphatic carbocycles. The number of carbonyl (C=O) groups excluding carboxylic acids is 1. The summed E-state index contributed by atoms with van der Waals surface area (Å²) >= 11 is 0. The Balaban J connectivity index is 1.81. The Morgan fingerprint density at radius 1 is 1.12 bits per heavy atom. The third-order valence-corrected chi connectivity index (χ3v) is 4.58. The highest BCUT2D eigenvalue weighted by molar-refractivity contribution is 5.94. The number of hydrogen-bond donors (Lipinski definition) is 0. The number of carbonyl (C=O) groups is 1. The van der Waals surface area contributed by atoms with Gasteiger partial charge in [-0.1, -0.05) is 17.7 Å². The molecule has 6 heteroatoms. The number of hydrogen-bond acceptors (Lipinski definition) is 4. The standard InChI is InChI=1S/C20H21N3O3/c1-14-5-6-17(15(2)12-14)23-18(20(24)22-7-10-25-11-8-22)13-16(21-23)19-4-3-9-26-19/h3-6,9,12-13H,7-8,10-11H2,1-2H3. The summed E-state index contributed by atoms with van der Waals surface area (Å²) in [5, 5.41) is 4.67. The lowest BCUT2D eigenvalue weighted by Crippen LogP contribution is -2.41. The van der Waals surface area contributed by atoms with E-state index < -0.39 is 0 Å². The van der Waals surface area contributed by atoms with Crippen LogP contribution in [0.5, 0.6) is 0 Å². The molecule has 2 aromatic heterocycles. The fourth-order valence-corrected chi connectivity index (χ4v) is 3.23. The van der Waals surface area contributed by atoms with Crippen LogP contribution < -0.4 is 0 Å². The quantitative estimate of drug-likeness (QED) is 0.727. The van der Waals surface area contributed by atoms with Crippen LogP contribution >= 0.6 is 0 Å². The van der Waals surface area contributed by atoms with Gasteiger partial charge in [-0.25, -0.2) is 4.68 Å². The smallest absolute Gasteiger partial charge is 0.272 e. The van der Waals surface area contributed by atoms with Gasteiger partial charge in [-0.05, 0) is 37.6 Å². The van der Waals surface area contributed by atoms with E-state index in [1.807, 2.05) is 43.0 Å². The van der Waals surface area contributed by atoms with Crippen LogP contribution in [0.25, 0.3) is 17.1 Å². The molecule has 6 nitrogen and oxygen atoms in total. The summed E-state index contributed by atoms with van der Waals surface area (Å²) in [5.41, 5.74) is 4.31. The summed E-state index contributed by atoms with van der Waals surface area (Å²) in [6.07, 6.45) is 1.61. The molecule has 0 saturated carbocycles. The van der Waals surface area contributed by atoms with Crippen molar-refractivity contribution in [3.8, 4) is 17.1 Å². The molecule has 0 bridgehead atoms. The Hall–Kier alpha value is -2.86. The minimum absolute atomic E-state index is 0.0430. The van der Waals surface area contributed by atoms with Crippen LogP contribution in [0.15, 0.2) is 47.1 Å². The molecule has 1 aromatic carbocycles. The zero-order valence-electron chi connectivity index (χ0n) is 14.9. The Morgan fingerprint density at radius 2 is 1.92 bits per heavy atom. The van der Waals surface area contributed by atoms with Crippen LogP contribution in [0.3, 0.4) is 0 Å². The molecule has 134 valence electrons. The Morgan fingerprint density at radius 3 is 2.62 bits per heavy atom. The van der Waals surface area contributed by atoms with Crippen LogP contribution in [0.2, 0.25) is 0 Å². The van der Waals surface area contributed by atoms with Gasteiger partial charge in [0, 0.05) is 19.2 Å². The van der Waals surface area contributed by atoms with Crippen molar-refractivity contribution in [3.63, 3.8) is 0 Å². The van der Waals surface area contributed by atoms with Crippen molar-refractivity contribution in [2.75, 3.05) is 26.3 Å². The van der Waals surface area contributed by atoms with Gasteiger partial charge in [-0.2, -0.15) is 5.10 Å². The summed E-state index contributed by atoms with van der Waals surface area (Å²) in [7, 11) is 0. The number of aromatic nitrogens is 2. The lowest BCUT2D eigenvalue weighted by molar-refractivity contribution is 0.0297. The largest absolute Gasteiger partial charge is 0.463 e. The average molecular weight is 351 g/mol. The van der Waals surface area contributed by atoms with Gasteiger partial charge in [0.15, 0.2) is 5.76 Å². The first-order valence-corrected chi connectivity index (χ1v) is 8.72. The zero-order chi connectivity index (χ0) is 18.1. The molecule has 1 saturated heterocycles. The maximum atomic E-state index is 13.1. The molecular weight excluding hydrogens is 330 g/mol. The van der Waals surface area contributed by atoms with Gasteiger partial charge in [0.05, 0.1) is 25.2 Å². The highest BCUT2D eigenvalue weighted by Crippen LogP contribution is 2.25. The lowest BCUT2D eigenvalue weighted by atomic mass is 10.1. The third kappa shape index (κ3) is 3.04. The molecule has 1 aliphatic heterocycles. The molecule has 1 fully saturated rings. The fourth-order valence-electron chi connectivity index (χ4n) is 3.23. The number of ether oxygens (including phenoxy) is 1. The molecule has 4 rings (SSSR count). The van der Waals surface area contributed by atoms with Crippen LogP contribution in [-0.2, 0) is 4.74 Å². The molecule has 0 atom stereocenters. The monoisotopic (exact) mass is 351 g/mol. The number of benzene rings is 1. The molecule has 0 N–H and O–H groups in total. The first kappa shape index (κ1) is 16.6. The Bertz CT molecular complexity index is 922. The average Bonchev–Trinajstić information content (AvgIpc) is 3.31. The molecule has 26 heavy (non-hydrogen) atoms. The van der Waals surface area contributed by atoms with E-state index >= 15 is 0 Å². The van der Waals surface area contributed by atoms with Crippen LogP contribution in [0.1, 0.15) is 21.6 Å². The topological polar surface area (TPSA) is 60.5 Å². The van der Waals surface area contributed by atoms with Crippen LogP contribution in [0.4, 0.5) is 0 Å². The maximum Gasteiger partial charge on any atom is 0.272 e. The van der Waals surface area contributed by atoms with Gasteiger partial charge in [-0.3, -0.25) is 4.79 Å². The summed E-state index contributed by atoms with van der Waals surface area (Å²) in [5.74, 6) is 0.600. The number of amides is 1. The molecule has 0 spiro atoms. The minimum Gasteiger partial charge on any atom is -0.463 e. The molecule has 1 aliphatic rings. The summed E-state index contributed by atoms with van der Waals surface area (Å²) in [4.78, 5) is 14.9. The predicted molar refractivity (Wildman–Crippen MR) is 97.5 cm³/mol. The lowest BCUT2D eigenvalue weighted by Gasteiger charge is -2.27. The Kier molecular flexibility index (Phi) is 4.34. The van der Waals surface area contributed by atoms with Crippen molar-refractivity contribution in [2.24, 2.45) is 0 Å². The maximum absolute atomic E-state index is 13.1. The number of rotatable bonds is 3. The highest BCUT2D eigenvalue weighted by Gasteiger charge is 2.25. The van der Waals surface area contributed by atoms with Crippen molar-refractivity contribution in [1.82, 2.24) is 14.7 Å². The second kappa shape index (κ2) is 6.80. The van der Waals surface area contributed by atoms with Crippen molar-refractivity contribution >= 4 is 5.91 Å². The third-order valence-electron chi connectivity index (χ3n) is 4.58. The van der Waals surface area contributed by atoms with E-state index in [2.05, 4.69) is 11.2 Å². The van der Waals surface area contributed by atoms with Gasteiger partial charge in [0.2, 0.25) is 0 Å². The van der Waals surface area contributed by atoms with E-state index in [1.165, 1.54) is 5.56 Å². The zero-order valence-corrected chi connectivity index (χ0v) is 14.9. The van der Waals surface area contributed by atoms with E-state index in [9.17, 15) is 4.79 Å². The Labute approximate surface area is 152 Å². The molecule has 0 unspecified atom stereocenters. The van der Waals surface area contributed by atoms with Gasteiger partial charge >= 0.3 is 0 Å². The van der Waals surface area contributed by atoms with Gasteiger partial charge in [-0.15, -0.1) is 0 Å². The van der Waals surface area contributed by atoms with Gasteiger partial charge in [0.25, 0.3) is 5.91 Å². The molecular formula is C20H21N3O3. The predicted octanol–water partition coefficient (Wildman–Crippen LogP) is 3.22. The van der Waals surface area contributed by atoms with E-state index in [-0.39, 0.29) is 5.91 Å². The number of nitrogens with zero attached hydrogens (tertiary/aromatic N) is 3. The summed E-state index contributed by atoms with van der Waals surface area (Å²) < 4.78 is 12.6. The molecule has 0 radical (unpaired) electrons. The molecule has 3 heterocycles. The molecule has 1 amide bonds. The van der Waals surface area contributed by atoms with E-state index in [4.69, 9.17) is 9.15 Å². The number of aryl methyl sites for hydroxylation is 2. The summed E-state index contributed by atoms with van der Waals surface area (Å²) in [6, 6.07) is 11.6. The first-order valence-electron chi connectivity index (χ1n) is 8.72.